The van der Waals surface area contributed by atoms with Gasteiger partial charge >= 0.3 is 0 Å². The second kappa shape index (κ2) is 16.5. The Hall–Kier alpha value is -4.38. The molecule has 0 unspecified atom stereocenters. The van der Waals surface area contributed by atoms with Gasteiger partial charge in [-0.1, -0.05) is 53.7 Å². The summed E-state index contributed by atoms with van der Waals surface area (Å²) < 4.78 is 13.5. The van der Waals surface area contributed by atoms with E-state index in [1.54, 1.807) is 11.2 Å². The molecule has 0 aliphatic rings. The number of nitrogens with zero attached hydrogens (tertiary/aromatic N) is 4. The predicted molar refractivity (Wildman–Crippen MR) is 177 cm³/mol. The molecule has 0 radical (unpaired) electrons. The number of hydrazine groups is 1. The molecule has 0 aliphatic carbocycles. The molecule has 0 saturated carbocycles. The Balaban J connectivity index is 1.27. The minimum atomic E-state index is 0.598. The van der Waals surface area contributed by atoms with Gasteiger partial charge in [0.25, 0.3) is 0 Å². The minimum Gasteiger partial charge on any atom is -0.492 e. The van der Waals surface area contributed by atoms with E-state index in [4.69, 9.17) is 21.1 Å². The summed E-state index contributed by atoms with van der Waals surface area (Å²) in [4.78, 5) is 0. The normalized spacial score (nSPS) is 11.5. The van der Waals surface area contributed by atoms with Crippen molar-refractivity contribution in [1.82, 2.24) is 30.6 Å². The molecule has 6 N–H and O–H groups in total. The van der Waals surface area contributed by atoms with E-state index in [2.05, 4.69) is 59.1 Å². The average molecular weight is 599 g/mol. The standard InChI is InChI=1S/C34H46N8O2/c1-25-21-27(5-11-33(25)43-19-15-37-3)13-17-41(36)23-31(35)29-7-9-30(10-8-29)32-24-42(40-39-32)18-14-28-6-12-34(26(2)22-28)44-20-16-38-4/h5-12,21-24,37-38H,13-20,35-36H2,1-4H3/b31-23-. The summed E-state index contributed by atoms with van der Waals surface area (Å²) in [5.74, 6) is 8.09. The monoisotopic (exact) mass is 598 g/mol. The summed E-state index contributed by atoms with van der Waals surface area (Å²) in [6.45, 7) is 8.43. The van der Waals surface area contributed by atoms with Gasteiger partial charge in [0.2, 0.25) is 0 Å². The third-order valence-corrected chi connectivity index (χ3v) is 7.34. The van der Waals surface area contributed by atoms with Crippen LogP contribution in [0.4, 0.5) is 0 Å². The van der Waals surface area contributed by atoms with Crippen LogP contribution < -0.4 is 31.7 Å². The van der Waals surface area contributed by atoms with Gasteiger partial charge in [-0.2, -0.15) is 0 Å². The Labute approximate surface area is 261 Å². The molecular weight excluding hydrogens is 552 g/mol. The van der Waals surface area contributed by atoms with Gasteiger partial charge in [0.15, 0.2) is 0 Å². The lowest BCUT2D eigenvalue weighted by Gasteiger charge is -2.16. The Bertz CT molecular complexity index is 1500. The van der Waals surface area contributed by atoms with Crippen molar-refractivity contribution in [2.75, 3.05) is 46.9 Å². The van der Waals surface area contributed by atoms with Gasteiger partial charge in [-0.25, -0.2) is 5.84 Å². The third-order valence-electron chi connectivity index (χ3n) is 7.34. The van der Waals surface area contributed by atoms with Crippen LogP contribution in [0, 0.1) is 13.8 Å². The molecule has 4 aromatic rings. The summed E-state index contributed by atoms with van der Waals surface area (Å²) >= 11 is 0. The highest BCUT2D eigenvalue weighted by Gasteiger charge is 2.08. The minimum absolute atomic E-state index is 0.598. The molecule has 1 aromatic heterocycles. The SMILES string of the molecule is CNCCOc1ccc(CCN(N)/C=C(\N)c2ccc(-c3cn(CCc4ccc(OCCNC)c(C)c4)nn3)cc2)cc1C. The number of nitrogens with one attached hydrogen (secondary N) is 2. The van der Waals surface area contributed by atoms with Gasteiger partial charge in [0, 0.05) is 37.9 Å². The van der Waals surface area contributed by atoms with E-state index >= 15 is 0 Å². The quantitative estimate of drug-likeness (QED) is 0.0818. The maximum atomic E-state index is 6.38. The van der Waals surface area contributed by atoms with Crippen LogP contribution >= 0.6 is 0 Å². The van der Waals surface area contributed by atoms with E-state index < -0.39 is 0 Å². The molecule has 44 heavy (non-hydrogen) atoms. The first kappa shape index (κ1) is 32.5. The van der Waals surface area contributed by atoms with E-state index in [0.717, 1.165) is 71.9 Å². The first-order chi connectivity index (χ1) is 21.4. The average Bonchev–Trinajstić information content (AvgIpc) is 3.50. The van der Waals surface area contributed by atoms with E-state index in [1.165, 1.54) is 11.1 Å². The van der Waals surface area contributed by atoms with Crippen LogP contribution in [-0.2, 0) is 19.4 Å². The highest BCUT2D eigenvalue weighted by atomic mass is 16.5. The maximum Gasteiger partial charge on any atom is 0.122 e. The number of hydrogen-bond donors (Lipinski definition) is 4. The van der Waals surface area contributed by atoms with E-state index in [0.29, 0.717) is 25.5 Å². The second-order valence-electron chi connectivity index (χ2n) is 10.9. The van der Waals surface area contributed by atoms with Crippen molar-refractivity contribution in [3.63, 3.8) is 0 Å². The summed E-state index contributed by atoms with van der Waals surface area (Å²) in [7, 11) is 3.83. The molecule has 3 aromatic carbocycles. The number of rotatable bonds is 17. The number of ether oxygens (including phenoxy) is 2. The Morgan fingerprint density at radius 1 is 0.864 bits per heavy atom. The lowest BCUT2D eigenvalue weighted by molar-refractivity contribution is 0.316. The fourth-order valence-electron chi connectivity index (χ4n) is 4.78. The number of nitrogens with two attached hydrogens (primary N) is 2. The third kappa shape index (κ3) is 9.57. The van der Waals surface area contributed by atoms with Crippen molar-refractivity contribution in [2.24, 2.45) is 11.6 Å². The van der Waals surface area contributed by atoms with Gasteiger partial charge in [-0.05, 0) is 80.7 Å². The lowest BCUT2D eigenvalue weighted by atomic mass is 10.1. The summed E-state index contributed by atoms with van der Waals surface area (Å²) in [6, 6.07) is 20.5. The fourth-order valence-corrected chi connectivity index (χ4v) is 4.78. The number of likely N-dealkylation sites (N-methyl/N-ethyl adjacent to an activating group) is 2. The molecule has 0 bridgehead atoms. The van der Waals surface area contributed by atoms with Crippen molar-refractivity contribution in [1.29, 1.82) is 0 Å². The summed E-state index contributed by atoms with van der Waals surface area (Å²) in [6.07, 6.45) is 5.40. The zero-order valence-corrected chi connectivity index (χ0v) is 26.3. The first-order valence-corrected chi connectivity index (χ1v) is 15.1. The molecule has 10 nitrogen and oxygen atoms in total. The largest absolute Gasteiger partial charge is 0.492 e. The zero-order chi connectivity index (χ0) is 31.3. The van der Waals surface area contributed by atoms with Crippen LogP contribution in [0.5, 0.6) is 11.5 Å². The lowest BCUT2D eigenvalue weighted by Crippen LogP contribution is -2.28. The summed E-state index contributed by atoms with van der Waals surface area (Å²) in [5, 5.41) is 16.5. The molecule has 0 atom stereocenters. The van der Waals surface area contributed by atoms with Crippen LogP contribution in [-0.4, -0.2) is 66.9 Å². The zero-order valence-electron chi connectivity index (χ0n) is 26.3. The number of benzene rings is 3. The first-order valence-electron chi connectivity index (χ1n) is 15.1. The van der Waals surface area contributed by atoms with Crippen LogP contribution in [0.1, 0.15) is 27.8 Å². The summed E-state index contributed by atoms with van der Waals surface area (Å²) in [5.41, 5.74) is 14.3. The molecule has 0 saturated heterocycles. The maximum absolute atomic E-state index is 6.38. The van der Waals surface area contributed by atoms with E-state index in [-0.39, 0.29) is 0 Å². The van der Waals surface area contributed by atoms with Gasteiger partial charge in [0.1, 0.15) is 30.4 Å². The highest BCUT2D eigenvalue weighted by Crippen LogP contribution is 2.22. The van der Waals surface area contributed by atoms with Crippen molar-refractivity contribution in [3.05, 3.63) is 101 Å². The van der Waals surface area contributed by atoms with Crippen molar-refractivity contribution in [2.45, 2.75) is 33.2 Å². The molecular formula is C34H46N8O2. The number of aryl methyl sites for hydroxylation is 4. The highest BCUT2D eigenvalue weighted by molar-refractivity contribution is 5.66. The van der Waals surface area contributed by atoms with Crippen LogP contribution in [0.2, 0.25) is 0 Å². The molecule has 0 spiro atoms. The topological polar surface area (TPSA) is 129 Å². The molecule has 10 heteroatoms. The Morgan fingerprint density at radius 3 is 2.02 bits per heavy atom. The van der Waals surface area contributed by atoms with Crippen LogP contribution in [0.15, 0.2) is 73.1 Å². The number of hydrogen-bond acceptors (Lipinski definition) is 9. The van der Waals surface area contributed by atoms with Crippen LogP contribution in [0.25, 0.3) is 17.0 Å². The Morgan fingerprint density at radius 2 is 1.45 bits per heavy atom. The smallest absolute Gasteiger partial charge is 0.122 e. The van der Waals surface area contributed by atoms with Crippen molar-refractivity contribution < 1.29 is 9.47 Å². The molecule has 234 valence electrons. The predicted octanol–water partition coefficient (Wildman–Crippen LogP) is 3.68. The molecule has 4 rings (SSSR count). The van der Waals surface area contributed by atoms with Gasteiger partial charge < -0.3 is 30.8 Å². The van der Waals surface area contributed by atoms with Gasteiger partial charge in [0.05, 0.1) is 11.9 Å². The molecule has 0 amide bonds. The second-order valence-corrected chi connectivity index (χ2v) is 10.9. The molecule has 0 fully saturated rings. The van der Waals surface area contributed by atoms with E-state index in [9.17, 15) is 0 Å². The van der Waals surface area contributed by atoms with E-state index in [1.807, 2.05) is 61.4 Å². The van der Waals surface area contributed by atoms with Crippen molar-refractivity contribution >= 4 is 5.70 Å². The number of aromatic nitrogens is 3. The van der Waals surface area contributed by atoms with Crippen molar-refractivity contribution in [3.8, 4) is 22.8 Å². The van der Waals surface area contributed by atoms with Crippen LogP contribution in [0.3, 0.4) is 0 Å². The fraction of sp³-hybridized carbons (Fsp3) is 0.353. The van der Waals surface area contributed by atoms with Gasteiger partial charge in [-0.3, -0.25) is 4.68 Å². The molecule has 0 aliphatic heterocycles. The Kier molecular flexibility index (Phi) is 12.2. The van der Waals surface area contributed by atoms with Gasteiger partial charge in [-0.15, -0.1) is 5.10 Å². The molecule has 1 heterocycles.